The number of hydrogen-bond donors (Lipinski definition) is 1. The first-order chi connectivity index (χ1) is 11.5. The number of likely N-dealkylation sites (tertiary alicyclic amines) is 1. The number of carbonyl (C=O) groups excluding carboxylic acids is 1. The SMILES string of the molecule is COc1ccc(CN2C(=O)[C@H](N)[C@@H]2c2cccc(Cl)c2)cc1OC. The molecular weight excluding hydrogens is 328 g/mol. The lowest BCUT2D eigenvalue weighted by molar-refractivity contribution is -0.150. The summed E-state index contributed by atoms with van der Waals surface area (Å²) in [6.07, 6.45) is 0. The maximum atomic E-state index is 12.2. The van der Waals surface area contributed by atoms with E-state index < -0.39 is 6.04 Å². The quantitative estimate of drug-likeness (QED) is 0.845. The molecule has 0 aromatic heterocycles. The van der Waals surface area contributed by atoms with Crippen molar-refractivity contribution >= 4 is 17.5 Å². The van der Waals surface area contributed by atoms with E-state index in [2.05, 4.69) is 0 Å². The van der Waals surface area contributed by atoms with Crippen molar-refractivity contribution in [1.29, 1.82) is 0 Å². The van der Waals surface area contributed by atoms with Crippen molar-refractivity contribution in [1.82, 2.24) is 4.90 Å². The summed E-state index contributed by atoms with van der Waals surface area (Å²) < 4.78 is 10.6. The molecule has 1 fully saturated rings. The summed E-state index contributed by atoms with van der Waals surface area (Å²) >= 11 is 6.06. The van der Waals surface area contributed by atoms with Gasteiger partial charge in [-0.15, -0.1) is 0 Å². The maximum Gasteiger partial charge on any atom is 0.242 e. The first-order valence-corrected chi connectivity index (χ1v) is 7.95. The van der Waals surface area contributed by atoms with Gasteiger partial charge in [0, 0.05) is 11.6 Å². The van der Waals surface area contributed by atoms with Crippen LogP contribution in [0.25, 0.3) is 0 Å². The Morgan fingerprint density at radius 2 is 1.88 bits per heavy atom. The van der Waals surface area contributed by atoms with Gasteiger partial charge in [0.05, 0.1) is 20.3 Å². The van der Waals surface area contributed by atoms with Crippen molar-refractivity contribution in [2.24, 2.45) is 5.73 Å². The smallest absolute Gasteiger partial charge is 0.242 e. The predicted octanol–water partition coefficient (Wildman–Crippen LogP) is 2.77. The molecule has 2 aromatic rings. The number of carbonyl (C=O) groups is 1. The molecule has 2 aromatic carbocycles. The third-order valence-electron chi connectivity index (χ3n) is 4.24. The first kappa shape index (κ1) is 16.6. The molecule has 0 saturated carbocycles. The van der Waals surface area contributed by atoms with Gasteiger partial charge in [-0.2, -0.15) is 0 Å². The zero-order valence-corrected chi connectivity index (χ0v) is 14.3. The minimum Gasteiger partial charge on any atom is -0.493 e. The van der Waals surface area contributed by atoms with Gasteiger partial charge in [-0.25, -0.2) is 0 Å². The topological polar surface area (TPSA) is 64.8 Å². The summed E-state index contributed by atoms with van der Waals surface area (Å²) in [5.74, 6) is 1.21. The van der Waals surface area contributed by atoms with Crippen molar-refractivity contribution in [3.8, 4) is 11.5 Å². The van der Waals surface area contributed by atoms with Gasteiger partial charge in [0.1, 0.15) is 6.04 Å². The van der Waals surface area contributed by atoms with Crippen molar-refractivity contribution in [3.05, 3.63) is 58.6 Å². The molecule has 1 aliphatic rings. The zero-order chi connectivity index (χ0) is 17.3. The Kier molecular flexibility index (Phi) is 4.64. The van der Waals surface area contributed by atoms with E-state index in [4.69, 9.17) is 26.8 Å². The van der Waals surface area contributed by atoms with Crippen LogP contribution >= 0.6 is 11.6 Å². The number of nitrogens with zero attached hydrogens (tertiary/aromatic N) is 1. The Bertz CT molecular complexity index is 766. The average molecular weight is 347 g/mol. The van der Waals surface area contributed by atoms with Gasteiger partial charge < -0.3 is 20.1 Å². The van der Waals surface area contributed by atoms with Crippen LogP contribution in [0.5, 0.6) is 11.5 Å². The second kappa shape index (κ2) is 6.71. The van der Waals surface area contributed by atoms with Crippen LogP contribution in [0.2, 0.25) is 5.02 Å². The highest BCUT2D eigenvalue weighted by Gasteiger charge is 2.45. The summed E-state index contributed by atoms with van der Waals surface area (Å²) in [4.78, 5) is 14.0. The molecule has 24 heavy (non-hydrogen) atoms. The molecule has 2 N–H and O–H groups in total. The molecule has 0 aliphatic carbocycles. The van der Waals surface area contributed by atoms with Gasteiger partial charge in [0.25, 0.3) is 0 Å². The van der Waals surface area contributed by atoms with Gasteiger partial charge >= 0.3 is 0 Å². The number of rotatable bonds is 5. The highest BCUT2D eigenvalue weighted by Crippen LogP contribution is 2.37. The van der Waals surface area contributed by atoms with Crippen LogP contribution in [0, 0.1) is 0 Å². The fourth-order valence-electron chi connectivity index (χ4n) is 3.01. The molecule has 3 rings (SSSR count). The number of hydrogen-bond acceptors (Lipinski definition) is 4. The third kappa shape index (κ3) is 2.92. The van der Waals surface area contributed by atoms with E-state index in [-0.39, 0.29) is 11.9 Å². The van der Waals surface area contributed by atoms with Crippen LogP contribution in [0.1, 0.15) is 17.2 Å². The molecule has 5 nitrogen and oxygen atoms in total. The molecule has 1 heterocycles. The van der Waals surface area contributed by atoms with Crippen LogP contribution in [0.15, 0.2) is 42.5 Å². The van der Waals surface area contributed by atoms with Gasteiger partial charge in [-0.1, -0.05) is 29.8 Å². The molecular formula is C18H19ClN2O3. The number of nitrogens with two attached hydrogens (primary N) is 1. The monoisotopic (exact) mass is 346 g/mol. The van der Waals surface area contributed by atoms with Crippen LogP contribution < -0.4 is 15.2 Å². The Morgan fingerprint density at radius 1 is 1.12 bits per heavy atom. The van der Waals surface area contributed by atoms with Gasteiger partial charge in [-0.05, 0) is 35.4 Å². The lowest BCUT2D eigenvalue weighted by atomic mass is 9.88. The molecule has 1 aliphatic heterocycles. The molecule has 126 valence electrons. The van der Waals surface area contributed by atoms with Gasteiger partial charge in [0.2, 0.25) is 5.91 Å². The molecule has 1 saturated heterocycles. The van der Waals surface area contributed by atoms with Crippen molar-refractivity contribution in [3.63, 3.8) is 0 Å². The lowest BCUT2D eigenvalue weighted by Crippen LogP contribution is -2.62. The Balaban J connectivity index is 1.84. The fraction of sp³-hybridized carbons (Fsp3) is 0.278. The summed E-state index contributed by atoms with van der Waals surface area (Å²) in [5.41, 5.74) is 7.90. The normalized spacial score (nSPS) is 19.8. The van der Waals surface area contributed by atoms with Crippen LogP contribution in [0.3, 0.4) is 0 Å². The molecule has 2 atom stereocenters. The Labute approximate surface area is 145 Å². The van der Waals surface area contributed by atoms with E-state index in [0.717, 1.165) is 11.1 Å². The molecule has 1 amide bonds. The van der Waals surface area contributed by atoms with E-state index in [1.165, 1.54) is 0 Å². The largest absolute Gasteiger partial charge is 0.493 e. The maximum absolute atomic E-state index is 12.2. The molecule has 0 bridgehead atoms. The standard InChI is InChI=1S/C18H19ClN2O3/c1-23-14-7-6-11(8-15(14)24-2)10-21-17(16(20)18(21)22)12-4-3-5-13(19)9-12/h3-9,16-17H,10,20H2,1-2H3/t16-,17+/m1/s1. The lowest BCUT2D eigenvalue weighted by Gasteiger charge is -2.46. The third-order valence-corrected chi connectivity index (χ3v) is 4.47. The number of methoxy groups -OCH3 is 2. The molecule has 6 heteroatoms. The second-order valence-corrected chi connectivity index (χ2v) is 6.12. The van der Waals surface area contributed by atoms with Crippen LogP contribution in [-0.4, -0.2) is 31.1 Å². The Morgan fingerprint density at radius 3 is 2.54 bits per heavy atom. The number of β-lactam (4-membered cyclic amide) rings is 1. The van der Waals surface area contributed by atoms with Crippen molar-refractivity contribution < 1.29 is 14.3 Å². The van der Waals surface area contributed by atoms with Gasteiger partial charge in [0.15, 0.2) is 11.5 Å². The summed E-state index contributed by atoms with van der Waals surface area (Å²) in [6, 6.07) is 12.3. The van der Waals surface area contributed by atoms with E-state index in [1.54, 1.807) is 25.2 Å². The highest BCUT2D eigenvalue weighted by atomic mass is 35.5. The number of amides is 1. The van der Waals surface area contributed by atoms with E-state index >= 15 is 0 Å². The number of halogens is 1. The number of ether oxygens (including phenoxy) is 2. The fourth-order valence-corrected chi connectivity index (χ4v) is 3.20. The summed E-state index contributed by atoms with van der Waals surface area (Å²) in [6.45, 7) is 0.448. The summed E-state index contributed by atoms with van der Waals surface area (Å²) in [7, 11) is 3.17. The van der Waals surface area contributed by atoms with Crippen molar-refractivity contribution in [2.45, 2.75) is 18.6 Å². The Hall–Kier alpha value is -2.24. The second-order valence-electron chi connectivity index (χ2n) is 5.68. The average Bonchev–Trinajstić information content (AvgIpc) is 2.60. The van der Waals surface area contributed by atoms with E-state index in [1.807, 2.05) is 36.4 Å². The molecule has 0 spiro atoms. The van der Waals surface area contributed by atoms with E-state index in [0.29, 0.717) is 23.1 Å². The molecule has 0 unspecified atom stereocenters. The predicted molar refractivity (Wildman–Crippen MR) is 92.3 cm³/mol. The number of benzene rings is 2. The van der Waals surface area contributed by atoms with E-state index in [9.17, 15) is 4.79 Å². The minimum atomic E-state index is -0.538. The van der Waals surface area contributed by atoms with Crippen LogP contribution in [0.4, 0.5) is 0 Å². The first-order valence-electron chi connectivity index (χ1n) is 7.57. The zero-order valence-electron chi connectivity index (χ0n) is 13.5. The molecule has 0 radical (unpaired) electrons. The van der Waals surface area contributed by atoms with Crippen molar-refractivity contribution in [2.75, 3.05) is 14.2 Å². The highest BCUT2D eigenvalue weighted by molar-refractivity contribution is 6.30. The summed E-state index contributed by atoms with van der Waals surface area (Å²) in [5, 5.41) is 0.630. The minimum absolute atomic E-state index is 0.0743. The van der Waals surface area contributed by atoms with Crippen LogP contribution in [-0.2, 0) is 11.3 Å². The van der Waals surface area contributed by atoms with Gasteiger partial charge in [-0.3, -0.25) is 4.79 Å².